The number of nitrogens with zero attached hydrogens (tertiary/aromatic N) is 3. The van der Waals surface area contributed by atoms with E-state index in [1.165, 1.54) is 6.07 Å². The number of hydrogen-bond donors (Lipinski definition) is 0. The van der Waals surface area contributed by atoms with Gasteiger partial charge in [0.1, 0.15) is 0 Å². The minimum Gasteiger partial charge on any atom is -0.482 e. The molecule has 3 rings (SSSR count). The van der Waals surface area contributed by atoms with Gasteiger partial charge in [0, 0.05) is 11.6 Å². The quantitative estimate of drug-likeness (QED) is 0.524. The molecule has 0 aliphatic rings. The molecule has 1 heterocycles. The van der Waals surface area contributed by atoms with Crippen molar-refractivity contribution in [3.63, 3.8) is 0 Å². The Bertz CT molecular complexity index is 895. The third-order valence-electron chi connectivity index (χ3n) is 3.22. The molecule has 0 aliphatic carbocycles. The van der Waals surface area contributed by atoms with Gasteiger partial charge in [-0.1, -0.05) is 22.9 Å². The van der Waals surface area contributed by atoms with E-state index in [2.05, 4.69) is 10.1 Å². The highest BCUT2D eigenvalue weighted by Crippen LogP contribution is 2.23. The summed E-state index contributed by atoms with van der Waals surface area (Å²) in [7, 11) is 0. The fourth-order valence-corrected chi connectivity index (χ4v) is 2.07. The SMILES string of the molecule is Cc1cccc(-c2nc(COc3ccc([N+](=O)[O-])cc3F)no2)c1. The normalized spacial score (nSPS) is 10.6. The summed E-state index contributed by atoms with van der Waals surface area (Å²) in [5, 5.41) is 14.3. The van der Waals surface area contributed by atoms with Gasteiger partial charge in [-0.3, -0.25) is 10.1 Å². The van der Waals surface area contributed by atoms with Gasteiger partial charge in [0.05, 0.1) is 11.0 Å². The maximum Gasteiger partial charge on any atom is 0.272 e. The molecule has 122 valence electrons. The Morgan fingerprint density at radius 3 is 2.83 bits per heavy atom. The summed E-state index contributed by atoms with van der Waals surface area (Å²) in [6.07, 6.45) is 0. The van der Waals surface area contributed by atoms with Crippen LogP contribution in [0.25, 0.3) is 11.5 Å². The first-order valence-corrected chi connectivity index (χ1v) is 6.99. The largest absolute Gasteiger partial charge is 0.482 e. The first-order valence-electron chi connectivity index (χ1n) is 6.99. The number of nitro groups is 1. The molecule has 0 radical (unpaired) electrons. The van der Waals surface area contributed by atoms with Crippen LogP contribution in [-0.4, -0.2) is 15.1 Å². The van der Waals surface area contributed by atoms with Gasteiger partial charge in [0.2, 0.25) is 5.82 Å². The second-order valence-corrected chi connectivity index (χ2v) is 5.05. The minimum atomic E-state index is -0.827. The van der Waals surface area contributed by atoms with Crippen molar-refractivity contribution in [3.8, 4) is 17.2 Å². The molecule has 0 N–H and O–H groups in total. The molecule has 8 heteroatoms. The molecule has 1 aromatic heterocycles. The number of benzene rings is 2. The van der Waals surface area contributed by atoms with E-state index in [0.29, 0.717) is 5.89 Å². The fraction of sp³-hybridized carbons (Fsp3) is 0.125. The molecular formula is C16H12FN3O4. The van der Waals surface area contributed by atoms with E-state index in [9.17, 15) is 14.5 Å². The van der Waals surface area contributed by atoms with Crippen molar-refractivity contribution in [1.29, 1.82) is 0 Å². The van der Waals surface area contributed by atoms with Gasteiger partial charge in [0.25, 0.3) is 11.6 Å². The van der Waals surface area contributed by atoms with Crippen LogP contribution in [0.1, 0.15) is 11.4 Å². The summed E-state index contributed by atoms with van der Waals surface area (Å²) < 4.78 is 24.1. The summed E-state index contributed by atoms with van der Waals surface area (Å²) >= 11 is 0. The number of aryl methyl sites for hydroxylation is 1. The van der Waals surface area contributed by atoms with Crippen LogP contribution < -0.4 is 4.74 Å². The molecule has 0 unspecified atom stereocenters. The van der Waals surface area contributed by atoms with E-state index < -0.39 is 10.7 Å². The Morgan fingerprint density at radius 1 is 1.29 bits per heavy atom. The average Bonchev–Trinajstić information content (AvgIpc) is 3.02. The van der Waals surface area contributed by atoms with E-state index in [0.717, 1.165) is 23.3 Å². The average molecular weight is 329 g/mol. The highest BCUT2D eigenvalue weighted by atomic mass is 19.1. The first-order chi connectivity index (χ1) is 11.5. The zero-order valence-corrected chi connectivity index (χ0v) is 12.6. The van der Waals surface area contributed by atoms with Crippen molar-refractivity contribution >= 4 is 5.69 Å². The third kappa shape index (κ3) is 3.37. The molecule has 0 saturated carbocycles. The summed E-state index contributed by atoms with van der Waals surface area (Å²) in [6, 6.07) is 10.7. The van der Waals surface area contributed by atoms with Gasteiger partial charge in [-0.15, -0.1) is 0 Å². The molecule has 2 aromatic carbocycles. The molecule has 0 amide bonds. The summed E-state index contributed by atoms with van der Waals surface area (Å²) in [6.45, 7) is 1.82. The number of aromatic nitrogens is 2. The van der Waals surface area contributed by atoms with Crippen molar-refractivity contribution in [2.24, 2.45) is 0 Å². The van der Waals surface area contributed by atoms with Crippen molar-refractivity contribution in [2.75, 3.05) is 0 Å². The lowest BCUT2D eigenvalue weighted by Gasteiger charge is -2.04. The van der Waals surface area contributed by atoms with Crippen LogP contribution in [0.5, 0.6) is 5.75 Å². The molecule has 0 fully saturated rings. The van der Waals surface area contributed by atoms with Gasteiger partial charge in [-0.05, 0) is 25.1 Å². The van der Waals surface area contributed by atoms with Gasteiger partial charge >= 0.3 is 0 Å². The number of ether oxygens (including phenoxy) is 1. The van der Waals surface area contributed by atoms with Crippen molar-refractivity contribution < 1.29 is 18.6 Å². The maximum absolute atomic E-state index is 13.7. The van der Waals surface area contributed by atoms with E-state index in [1.807, 2.05) is 31.2 Å². The molecule has 24 heavy (non-hydrogen) atoms. The number of hydrogen-bond acceptors (Lipinski definition) is 6. The molecule has 0 bridgehead atoms. The van der Waals surface area contributed by atoms with E-state index in [1.54, 1.807) is 0 Å². The fourth-order valence-electron chi connectivity index (χ4n) is 2.07. The summed E-state index contributed by atoms with van der Waals surface area (Å²) in [5.74, 6) is -0.375. The van der Waals surface area contributed by atoms with Crippen LogP contribution in [0.15, 0.2) is 47.0 Å². The second kappa shape index (κ2) is 6.45. The molecule has 3 aromatic rings. The molecule has 0 aliphatic heterocycles. The van der Waals surface area contributed by atoms with Gasteiger partial charge < -0.3 is 9.26 Å². The van der Waals surface area contributed by atoms with E-state index in [-0.39, 0.29) is 23.9 Å². The molecule has 7 nitrogen and oxygen atoms in total. The van der Waals surface area contributed by atoms with Crippen molar-refractivity contribution in [2.45, 2.75) is 13.5 Å². The smallest absolute Gasteiger partial charge is 0.272 e. The number of halogens is 1. The maximum atomic E-state index is 13.7. The Kier molecular flexibility index (Phi) is 4.19. The Hall–Kier alpha value is -3.29. The standard InChI is InChI=1S/C16H12FN3O4/c1-10-3-2-4-11(7-10)16-18-15(19-24-16)9-23-14-6-5-12(20(21)22)8-13(14)17/h2-8H,9H2,1H3. The summed E-state index contributed by atoms with van der Waals surface area (Å²) in [5.41, 5.74) is 1.48. The van der Waals surface area contributed by atoms with Gasteiger partial charge in [-0.25, -0.2) is 4.39 Å². The highest BCUT2D eigenvalue weighted by molar-refractivity contribution is 5.53. The van der Waals surface area contributed by atoms with Crippen LogP contribution in [0.4, 0.5) is 10.1 Å². The van der Waals surface area contributed by atoms with Crippen LogP contribution in [-0.2, 0) is 6.61 Å². The number of rotatable bonds is 5. The topological polar surface area (TPSA) is 91.3 Å². The zero-order chi connectivity index (χ0) is 17.1. The molecular weight excluding hydrogens is 317 g/mol. The Morgan fingerprint density at radius 2 is 2.12 bits per heavy atom. The highest BCUT2D eigenvalue weighted by Gasteiger charge is 2.14. The Balaban J connectivity index is 1.71. The van der Waals surface area contributed by atoms with Crippen LogP contribution >= 0.6 is 0 Å². The number of non-ortho nitro benzene ring substituents is 1. The van der Waals surface area contributed by atoms with Crippen molar-refractivity contribution in [1.82, 2.24) is 10.1 Å². The number of nitro benzene ring substituents is 1. The van der Waals surface area contributed by atoms with Crippen LogP contribution in [0.2, 0.25) is 0 Å². The third-order valence-corrected chi connectivity index (χ3v) is 3.22. The lowest BCUT2D eigenvalue weighted by atomic mass is 10.1. The Labute approximate surface area is 135 Å². The lowest BCUT2D eigenvalue weighted by molar-refractivity contribution is -0.385. The second-order valence-electron chi connectivity index (χ2n) is 5.05. The van der Waals surface area contributed by atoms with Gasteiger partial charge in [-0.2, -0.15) is 4.98 Å². The van der Waals surface area contributed by atoms with E-state index >= 15 is 0 Å². The predicted octanol–water partition coefficient (Wildman–Crippen LogP) is 3.67. The molecule has 0 spiro atoms. The lowest BCUT2D eigenvalue weighted by Crippen LogP contribution is -2.00. The van der Waals surface area contributed by atoms with E-state index in [4.69, 9.17) is 9.26 Å². The zero-order valence-electron chi connectivity index (χ0n) is 12.6. The summed E-state index contributed by atoms with van der Waals surface area (Å²) in [4.78, 5) is 14.1. The predicted molar refractivity (Wildman–Crippen MR) is 81.9 cm³/mol. The molecule has 0 atom stereocenters. The monoisotopic (exact) mass is 329 g/mol. The van der Waals surface area contributed by atoms with Gasteiger partial charge in [0.15, 0.2) is 18.2 Å². The molecule has 0 saturated heterocycles. The van der Waals surface area contributed by atoms with Crippen LogP contribution in [0, 0.1) is 22.9 Å². The minimum absolute atomic E-state index is 0.121. The van der Waals surface area contributed by atoms with Crippen molar-refractivity contribution in [3.05, 3.63) is 69.8 Å². The first kappa shape index (κ1) is 15.6. The van der Waals surface area contributed by atoms with Crippen LogP contribution in [0.3, 0.4) is 0 Å².